The molecule has 0 aliphatic rings. The first-order valence-electron chi connectivity index (χ1n) is 3.64. The predicted molar refractivity (Wildman–Crippen MR) is 52.9 cm³/mol. The summed E-state index contributed by atoms with van der Waals surface area (Å²) < 4.78 is 0. The molecule has 0 aliphatic heterocycles. The molecule has 13 heavy (non-hydrogen) atoms. The molecule has 65 valence electrons. The van der Waals surface area contributed by atoms with E-state index in [0.29, 0.717) is 15.7 Å². The lowest BCUT2D eigenvalue weighted by atomic mass is 10.2. The number of aromatic nitrogens is 2. The van der Waals surface area contributed by atoms with Gasteiger partial charge in [0.15, 0.2) is 0 Å². The maximum Gasteiger partial charge on any atom is 0.0925 e. The van der Waals surface area contributed by atoms with E-state index in [2.05, 4.69) is 16.2 Å². The van der Waals surface area contributed by atoms with Crippen LogP contribution >= 0.6 is 23.2 Å². The van der Waals surface area contributed by atoms with Gasteiger partial charge in [0, 0.05) is 18.0 Å². The van der Waals surface area contributed by atoms with Crippen LogP contribution in [-0.2, 0) is 0 Å². The summed E-state index contributed by atoms with van der Waals surface area (Å²) in [5.41, 5.74) is 1.46. The maximum atomic E-state index is 5.96. The van der Waals surface area contributed by atoms with Gasteiger partial charge in [-0.25, -0.2) is 0 Å². The van der Waals surface area contributed by atoms with E-state index in [4.69, 9.17) is 23.2 Å². The van der Waals surface area contributed by atoms with E-state index < -0.39 is 0 Å². The lowest BCUT2D eigenvalue weighted by molar-refractivity contribution is 1.32. The highest BCUT2D eigenvalue weighted by molar-refractivity contribution is 6.43. The molecular formula is C9H5Cl2N2. The van der Waals surface area contributed by atoms with Crippen molar-refractivity contribution in [3.8, 4) is 11.3 Å². The largest absolute Gasteiger partial charge is 0.359 e. The van der Waals surface area contributed by atoms with E-state index in [1.165, 1.54) is 0 Å². The van der Waals surface area contributed by atoms with Crippen molar-refractivity contribution in [3.05, 3.63) is 40.8 Å². The van der Waals surface area contributed by atoms with Crippen molar-refractivity contribution in [1.29, 1.82) is 0 Å². The van der Waals surface area contributed by atoms with Crippen LogP contribution in [0.1, 0.15) is 0 Å². The Kier molecular flexibility index (Phi) is 2.25. The molecule has 0 aromatic carbocycles. The number of pyridine rings is 1. The van der Waals surface area contributed by atoms with E-state index in [1.807, 2.05) is 6.07 Å². The third-order valence-electron chi connectivity index (χ3n) is 1.64. The molecule has 2 aromatic rings. The molecule has 0 bridgehead atoms. The lowest BCUT2D eigenvalue weighted by Crippen LogP contribution is -1.82. The van der Waals surface area contributed by atoms with Gasteiger partial charge in [0.25, 0.3) is 0 Å². The molecule has 0 fully saturated rings. The van der Waals surface area contributed by atoms with Crippen LogP contribution in [0.2, 0.25) is 10.0 Å². The molecule has 0 saturated carbocycles. The van der Waals surface area contributed by atoms with Crippen LogP contribution in [0, 0.1) is 6.20 Å². The fourth-order valence-electron chi connectivity index (χ4n) is 1.03. The molecule has 4 heteroatoms. The van der Waals surface area contributed by atoms with Crippen LogP contribution in [0.3, 0.4) is 0 Å². The van der Waals surface area contributed by atoms with Crippen LogP contribution in [0.4, 0.5) is 0 Å². The Bertz CT molecular complexity index is 410. The molecular weight excluding hydrogens is 207 g/mol. The Balaban J connectivity index is 2.59. The standard InChI is InChI=1S/C9H5Cl2N2/c10-7-2-4-13-9(8(7)11)6-1-3-12-5-6/h1-4,12H. The molecule has 0 aliphatic carbocycles. The minimum Gasteiger partial charge on any atom is -0.359 e. The topological polar surface area (TPSA) is 28.7 Å². The zero-order chi connectivity index (χ0) is 9.26. The fourth-order valence-corrected chi connectivity index (χ4v) is 1.39. The summed E-state index contributed by atoms with van der Waals surface area (Å²) in [5, 5.41) is 0.960. The summed E-state index contributed by atoms with van der Waals surface area (Å²) in [4.78, 5) is 6.92. The highest BCUT2D eigenvalue weighted by atomic mass is 35.5. The van der Waals surface area contributed by atoms with Gasteiger partial charge in [-0.2, -0.15) is 0 Å². The molecule has 1 N–H and O–H groups in total. The van der Waals surface area contributed by atoms with Crippen LogP contribution in [0.25, 0.3) is 11.3 Å². The Morgan fingerprint density at radius 3 is 2.85 bits per heavy atom. The van der Waals surface area contributed by atoms with Crippen molar-refractivity contribution >= 4 is 23.2 Å². The summed E-state index contributed by atoms with van der Waals surface area (Å²) in [7, 11) is 0. The number of H-pyrrole nitrogens is 1. The van der Waals surface area contributed by atoms with Gasteiger partial charge in [-0.1, -0.05) is 23.2 Å². The van der Waals surface area contributed by atoms with E-state index in [0.717, 1.165) is 5.56 Å². The second kappa shape index (κ2) is 3.40. The van der Waals surface area contributed by atoms with Crippen LogP contribution in [-0.4, -0.2) is 9.97 Å². The van der Waals surface area contributed by atoms with Gasteiger partial charge < -0.3 is 4.98 Å². The number of nitrogens with zero attached hydrogens (tertiary/aromatic N) is 1. The first-order valence-corrected chi connectivity index (χ1v) is 4.40. The van der Waals surface area contributed by atoms with Crippen molar-refractivity contribution in [1.82, 2.24) is 9.97 Å². The van der Waals surface area contributed by atoms with Gasteiger partial charge in [-0.05, 0) is 12.1 Å². The van der Waals surface area contributed by atoms with Gasteiger partial charge in [0.2, 0.25) is 0 Å². The minimum atomic E-state index is 0.458. The van der Waals surface area contributed by atoms with Crippen LogP contribution in [0.15, 0.2) is 24.5 Å². The number of rotatable bonds is 1. The van der Waals surface area contributed by atoms with E-state index in [1.54, 1.807) is 18.5 Å². The zero-order valence-electron chi connectivity index (χ0n) is 6.51. The first-order chi connectivity index (χ1) is 6.29. The van der Waals surface area contributed by atoms with E-state index in [-0.39, 0.29) is 0 Å². The molecule has 0 saturated heterocycles. The third-order valence-corrected chi connectivity index (χ3v) is 2.43. The highest BCUT2D eigenvalue weighted by Gasteiger charge is 2.08. The normalized spacial score (nSPS) is 10.3. The Hall–Kier alpha value is -0.990. The summed E-state index contributed by atoms with van der Waals surface area (Å²) in [5.74, 6) is 0. The average molecular weight is 212 g/mol. The monoisotopic (exact) mass is 211 g/mol. The van der Waals surface area contributed by atoms with Gasteiger partial charge in [-0.3, -0.25) is 4.98 Å². The Morgan fingerprint density at radius 1 is 1.31 bits per heavy atom. The number of hydrogen-bond acceptors (Lipinski definition) is 1. The molecule has 1 radical (unpaired) electrons. The predicted octanol–water partition coefficient (Wildman–Crippen LogP) is 3.18. The van der Waals surface area contributed by atoms with Crippen molar-refractivity contribution in [2.75, 3.05) is 0 Å². The number of nitrogens with one attached hydrogen (secondary N) is 1. The fraction of sp³-hybridized carbons (Fsp3) is 0. The molecule has 2 aromatic heterocycles. The van der Waals surface area contributed by atoms with Crippen molar-refractivity contribution in [2.24, 2.45) is 0 Å². The Morgan fingerprint density at radius 2 is 2.15 bits per heavy atom. The summed E-state index contributed by atoms with van der Waals surface area (Å²) in [6.45, 7) is 0. The van der Waals surface area contributed by atoms with Gasteiger partial charge in [0.1, 0.15) is 0 Å². The molecule has 2 nitrogen and oxygen atoms in total. The van der Waals surface area contributed by atoms with Gasteiger partial charge >= 0.3 is 0 Å². The first kappa shape index (κ1) is 8.60. The van der Waals surface area contributed by atoms with Gasteiger partial charge in [-0.15, -0.1) is 0 Å². The number of hydrogen-bond donors (Lipinski definition) is 1. The molecule has 0 atom stereocenters. The smallest absolute Gasteiger partial charge is 0.0925 e. The highest BCUT2D eigenvalue weighted by Crippen LogP contribution is 2.30. The summed E-state index contributed by atoms with van der Waals surface area (Å²) >= 11 is 11.8. The third kappa shape index (κ3) is 1.55. The molecule has 2 heterocycles. The van der Waals surface area contributed by atoms with Crippen molar-refractivity contribution in [2.45, 2.75) is 0 Å². The summed E-state index contributed by atoms with van der Waals surface area (Å²) in [6, 6.07) is 3.49. The molecule has 0 amide bonds. The zero-order valence-corrected chi connectivity index (χ0v) is 8.02. The van der Waals surface area contributed by atoms with Crippen LogP contribution in [0.5, 0.6) is 0 Å². The SMILES string of the molecule is Clc1ccnc(-c2[c][nH]cc2)c1Cl. The second-order valence-electron chi connectivity index (χ2n) is 2.47. The number of halogens is 2. The van der Waals surface area contributed by atoms with E-state index in [9.17, 15) is 0 Å². The van der Waals surface area contributed by atoms with Crippen LogP contribution < -0.4 is 0 Å². The second-order valence-corrected chi connectivity index (χ2v) is 3.26. The Labute approximate surface area is 85.5 Å². The van der Waals surface area contributed by atoms with E-state index >= 15 is 0 Å². The average Bonchev–Trinajstić information content (AvgIpc) is 2.62. The maximum absolute atomic E-state index is 5.96. The quantitative estimate of drug-likeness (QED) is 0.772. The molecule has 0 spiro atoms. The van der Waals surface area contributed by atoms with Gasteiger partial charge in [0.05, 0.1) is 21.9 Å². The number of aromatic amines is 1. The van der Waals surface area contributed by atoms with Crippen molar-refractivity contribution < 1.29 is 0 Å². The molecule has 0 unspecified atom stereocenters. The minimum absolute atomic E-state index is 0.458. The summed E-state index contributed by atoms with van der Waals surface area (Å²) in [6.07, 6.45) is 6.26. The van der Waals surface area contributed by atoms with Crippen molar-refractivity contribution in [3.63, 3.8) is 0 Å². The lowest BCUT2D eigenvalue weighted by Gasteiger charge is -2.00. The molecule has 2 rings (SSSR count).